The minimum absolute atomic E-state index is 0.173. The van der Waals surface area contributed by atoms with Crippen LogP contribution in [0.5, 0.6) is 0 Å². The van der Waals surface area contributed by atoms with Crippen LogP contribution in [0.25, 0.3) is 0 Å². The van der Waals surface area contributed by atoms with Gasteiger partial charge in [-0.1, -0.05) is 29.9 Å². The van der Waals surface area contributed by atoms with Gasteiger partial charge in [-0.25, -0.2) is 4.79 Å². The molecule has 0 aliphatic carbocycles. The zero-order chi connectivity index (χ0) is 17.2. The summed E-state index contributed by atoms with van der Waals surface area (Å²) >= 11 is 0. The number of esters is 1. The summed E-state index contributed by atoms with van der Waals surface area (Å²) in [7, 11) is 0. The minimum atomic E-state index is -0.328. The Bertz CT molecular complexity index is 448. The summed E-state index contributed by atoms with van der Waals surface area (Å²) in [6.07, 6.45) is 9.68. The van der Waals surface area contributed by atoms with Crippen molar-refractivity contribution >= 4 is 5.97 Å². The van der Waals surface area contributed by atoms with Gasteiger partial charge in [0.25, 0.3) is 0 Å². The maximum absolute atomic E-state index is 11.7. The molecule has 0 aromatic rings. The van der Waals surface area contributed by atoms with Crippen molar-refractivity contribution in [2.24, 2.45) is 5.92 Å². The normalized spacial score (nSPS) is 21.7. The van der Waals surface area contributed by atoms with Crippen LogP contribution in [0.2, 0.25) is 0 Å². The number of ether oxygens (including phenoxy) is 2. The first-order valence-electron chi connectivity index (χ1n) is 8.70. The van der Waals surface area contributed by atoms with Gasteiger partial charge in [-0.3, -0.25) is 0 Å². The molecule has 0 unspecified atom stereocenters. The van der Waals surface area contributed by atoms with Crippen LogP contribution in [0.15, 0.2) is 35.5 Å². The molecule has 1 fully saturated rings. The third-order valence-electron chi connectivity index (χ3n) is 4.19. The molecule has 1 rings (SSSR count). The first-order chi connectivity index (χ1) is 10.9. The largest absolute Gasteiger partial charge is 0.463 e. The van der Waals surface area contributed by atoms with Crippen LogP contribution >= 0.6 is 0 Å². The zero-order valence-corrected chi connectivity index (χ0v) is 15.2. The fourth-order valence-electron chi connectivity index (χ4n) is 2.68. The average molecular weight is 320 g/mol. The molecule has 0 spiro atoms. The van der Waals surface area contributed by atoms with Gasteiger partial charge < -0.3 is 9.47 Å². The van der Waals surface area contributed by atoms with Crippen molar-refractivity contribution in [3.63, 3.8) is 0 Å². The number of rotatable bonds is 8. The lowest BCUT2D eigenvalue weighted by molar-refractivity contribution is -0.140. The van der Waals surface area contributed by atoms with E-state index in [-0.39, 0.29) is 12.1 Å². The molecule has 0 amide bonds. The quantitative estimate of drug-likeness (QED) is 0.359. The van der Waals surface area contributed by atoms with Gasteiger partial charge >= 0.3 is 5.97 Å². The van der Waals surface area contributed by atoms with Gasteiger partial charge in [0, 0.05) is 0 Å². The molecule has 0 bridgehead atoms. The van der Waals surface area contributed by atoms with E-state index in [9.17, 15) is 4.79 Å². The Kier molecular flexibility index (Phi) is 8.93. The standard InChI is InChI=1S/C20H32O3/c1-6-22-20(21)17(5)19-13-12-18(14-23-19)11-10-16(4)9-7-8-15(2)3/h8,10,18-19H,5-7,9,11-14H2,1-4H3/b16-10+/t18-,19-/m0/s1. The molecule has 1 aliphatic heterocycles. The molecule has 1 aliphatic rings. The Morgan fingerprint density at radius 2 is 2.00 bits per heavy atom. The fraction of sp³-hybridized carbons (Fsp3) is 0.650. The predicted octanol–water partition coefficient (Wildman–Crippen LogP) is 4.98. The number of carbonyl (C=O) groups is 1. The molecule has 3 heteroatoms. The van der Waals surface area contributed by atoms with Crippen molar-refractivity contribution in [3.05, 3.63) is 35.5 Å². The predicted molar refractivity (Wildman–Crippen MR) is 95.3 cm³/mol. The molecule has 0 aromatic carbocycles. The molecule has 0 aromatic heterocycles. The maximum atomic E-state index is 11.7. The Morgan fingerprint density at radius 3 is 2.57 bits per heavy atom. The van der Waals surface area contributed by atoms with Crippen molar-refractivity contribution in [2.75, 3.05) is 13.2 Å². The van der Waals surface area contributed by atoms with E-state index >= 15 is 0 Å². The molecule has 23 heavy (non-hydrogen) atoms. The third-order valence-corrected chi connectivity index (χ3v) is 4.19. The summed E-state index contributed by atoms with van der Waals surface area (Å²) in [4.78, 5) is 11.7. The highest BCUT2D eigenvalue weighted by molar-refractivity contribution is 5.88. The maximum Gasteiger partial charge on any atom is 0.336 e. The van der Waals surface area contributed by atoms with Crippen LogP contribution < -0.4 is 0 Å². The van der Waals surface area contributed by atoms with E-state index in [0.29, 0.717) is 24.7 Å². The molecular weight excluding hydrogens is 288 g/mol. The lowest BCUT2D eigenvalue weighted by Crippen LogP contribution is -2.30. The second-order valence-electron chi connectivity index (χ2n) is 6.62. The Balaban J connectivity index is 2.32. The molecule has 1 saturated heterocycles. The lowest BCUT2D eigenvalue weighted by atomic mass is 9.92. The molecule has 0 N–H and O–H groups in total. The molecule has 3 nitrogen and oxygen atoms in total. The van der Waals surface area contributed by atoms with Crippen molar-refractivity contribution in [1.29, 1.82) is 0 Å². The smallest absolute Gasteiger partial charge is 0.336 e. The monoisotopic (exact) mass is 320 g/mol. The second-order valence-corrected chi connectivity index (χ2v) is 6.62. The number of carbonyl (C=O) groups excluding carboxylic acids is 1. The average Bonchev–Trinajstić information content (AvgIpc) is 2.52. The SMILES string of the molecule is C=C(C(=O)OCC)[C@@H]1CC[C@H](C/C=C(\C)CCC=C(C)C)CO1. The Morgan fingerprint density at radius 1 is 1.26 bits per heavy atom. The summed E-state index contributed by atoms with van der Waals surface area (Å²) in [6.45, 7) is 13.2. The Labute approximate surface area is 141 Å². The van der Waals surface area contributed by atoms with Crippen molar-refractivity contribution in [2.45, 2.75) is 65.9 Å². The van der Waals surface area contributed by atoms with Gasteiger partial charge in [0.2, 0.25) is 0 Å². The van der Waals surface area contributed by atoms with Crippen LogP contribution in [0.3, 0.4) is 0 Å². The van der Waals surface area contributed by atoms with Crippen LogP contribution in [0.1, 0.15) is 59.8 Å². The van der Waals surface area contributed by atoms with Gasteiger partial charge in [-0.2, -0.15) is 0 Å². The van der Waals surface area contributed by atoms with E-state index in [1.807, 2.05) is 0 Å². The van der Waals surface area contributed by atoms with E-state index in [2.05, 4.69) is 39.5 Å². The molecular formula is C20H32O3. The Hall–Kier alpha value is -1.35. The first kappa shape index (κ1) is 19.7. The van der Waals surface area contributed by atoms with E-state index < -0.39 is 0 Å². The summed E-state index contributed by atoms with van der Waals surface area (Å²) in [5.41, 5.74) is 3.28. The van der Waals surface area contributed by atoms with Crippen LogP contribution in [-0.4, -0.2) is 25.3 Å². The number of allylic oxidation sites excluding steroid dienone is 4. The van der Waals surface area contributed by atoms with Gasteiger partial charge in [0.1, 0.15) is 0 Å². The van der Waals surface area contributed by atoms with E-state index in [1.54, 1.807) is 6.92 Å². The molecule has 130 valence electrons. The zero-order valence-electron chi connectivity index (χ0n) is 15.2. The van der Waals surface area contributed by atoms with E-state index in [0.717, 1.165) is 32.1 Å². The molecule has 0 saturated carbocycles. The van der Waals surface area contributed by atoms with E-state index in [4.69, 9.17) is 9.47 Å². The van der Waals surface area contributed by atoms with Gasteiger partial charge in [-0.15, -0.1) is 0 Å². The fourth-order valence-corrected chi connectivity index (χ4v) is 2.68. The molecule has 1 heterocycles. The van der Waals surface area contributed by atoms with Crippen molar-refractivity contribution < 1.29 is 14.3 Å². The summed E-state index contributed by atoms with van der Waals surface area (Å²) in [5.74, 6) is 0.214. The van der Waals surface area contributed by atoms with Gasteiger partial charge in [0.15, 0.2) is 0 Å². The van der Waals surface area contributed by atoms with Crippen LogP contribution in [0.4, 0.5) is 0 Å². The summed E-state index contributed by atoms with van der Waals surface area (Å²) < 4.78 is 10.8. The van der Waals surface area contributed by atoms with E-state index in [1.165, 1.54) is 11.1 Å². The topological polar surface area (TPSA) is 35.5 Å². The van der Waals surface area contributed by atoms with Crippen LogP contribution in [0, 0.1) is 5.92 Å². The summed E-state index contributed by atoms with van der Waals surface area (Å²) in [5, 5.41) is 0. The van der Waals surface area contributed by atoms with Crippen molar-refractivity contribution in [3.8, 4) is 0 Å². The summed E-state index contributed by atoms with van der Waals surface area (Å²) in [6, 6.07) is 0. The second kappa shape index (κ2) is 10.4. The van der Waals surface area contributed by atoms with Gasteiger partial charge in [-0.05, 0) is 65.7 Å². The van der Waals surface area contributed by atoms with Crippen LogP contribution in [-0.2, 0) is 14.3 Å². The minimum Gasteiger partial charge on any atom is -0.463 e. The molecule has 2 atom stereocenters. The van der Waals surface area contributed by atoms with Crippen molar-refractivity contribution in [1.82, 2.24) is 0 Å². The molecule has 0 radical (unpaired) electrons. The highest BCUT2D eigenvalue weighted by Gasteiger charge is 2.26. The highest BCUT2D eigenvalue weighted by Crippen LogP contribution is 2.26. The third kappa shape index (κ3) is 7.65. The van der Waals surface area contributed by atoms with Gasteiger partial charge in [0.05, 0.1) is 24.9 Å². The number of hydrogen-bond donors (Lipinski definition) is 0. The number of hydrogen-bond acceptors (Lipinski definition) is 3. The first-order valence-corrected chi connectivity index (χ1v) is 8.70. The highest BCUT2D eigenvalue weighted by atomic mass is 16.5. The lowest BCUT2D eigenvalue weighted by Gasteiger charge is -2.29.